The number of hydrogen-bond donors (Lipinski definition) is 2. The van der Waals surface area contributed by atoms with E-state index in [0.717, 1.165) is 19.4 Å². The Labute approximate surface area is 144 Å². The second-order valence-corrected chi connectivity index (χ2v) is 4.90. The van der Waals surface area contributed by atoms with Gasteiger partial charge in [-0.15, -0.1) is 0 Å². The van der Waals surface area contributed by atoms with Gasteiger partial charge in [-0.2, -0.15) is 0 Å². The molecule has 5 nitrogen and oxygen atoms in total. The molecule has 0 saturated heterocycles. The van der Waals surface area contributed by atoms with Crippen molar-refractivity contribution in [3.8, 4) is 0 Å². The molecule has 0 atom stereocenters. The minimum Gasteiger partial charge on any atom is -0.481 e. The number of carboxylic acid groups (broad SMARTS) is 2. The SMILES string of the molecule is CCCCCCCCN(CCC(=O)O)CCC(=O)O.[Na]. The van der Waals surface area contributed by atoms with Gasteiger partial charge in [-0.3, -0.25) is 9.59 Å². The van der Waals surface area contributed by atoms with Crippen molar-refractivity contribution in [1.29, 1.82) is 0 Å². The van der Waals surface area contributed by atoms with Crippen molar-refractivity contribution in [2.45, 2.75) is 58.3 Å². The average Bonchev–Trinajstić information content (AvgIpc) is 2.35. The van der Waals surface area contributed by atoms with Gasteiger partial charge in [0.15, 0.2) is 0 Å². The van der Waals surface area contributed by atoms with E-state index in [4.69, 9.17) is 10.2 Å². The van der Waals surface area contributed by atoms with Gasteiger partial charge >= 0.3 is 11.9 Å². The first-order chi connectivity index (χ1) is 9.06. The van der Waals surface area contributed by atoms with Gasteiger partial charge in [0.25, 0.3) is 0 Å². The summed E-state index contributed by atoms with van der Waals surface area (Å²) in [5.41, 5.74) is 0. The van der Waals surface area contributed by atoms with Gasteiger partial charge < -0.3 is 15.1 Å². The molecule has 0 saturated carbocycles. The zero-order chi connectivity index (χ0) is 14.5. The fourth-order valence-electron chi connectivity index (χ4n) is 1.96. The predicted molar refractivity (Wildman–Crippen MR) is 80.1 cm³/mol. The maximum atomic E-state index is 10.5. The molecule has 20 heavy (non-hydrogen) atoms. The first-order valence-electron chi connectivity index (χ1n) is 7.22. The van der Waals surface area contributed by atoms with Crippen LogP contribution in [0.1, 0.15) is 58.3 Å². The molecule has 1 radical (unpaired) electrons. The van der Waals surface area contributed by atoms with Crippen LogP contribution >= 0.6 is 0 Å². The molecule has 0 amide bonds. The molecule has 113 valence electrons. The van der Waals surface area contributed by atoms with E-state index in [1.54, 1.807) is 0 Å². The molecule has 0 unspecified atom stereocenters. The number of carboxylic acids is 2. The van der Waals surface area contributed by atoms with Crippen LogP contribution in [0.4, 0.5) is 0 Å². The average molecular weight is 296 g/mol. The molecule has 0 aromatic carbocycles. The summed E-state index contributed by atoms with van der Waals surface area (Å²) in [6.45, 7) is 3.86. The van der Waals surface area contributed by atoms with Gasteiger partial charge in [0.05, 0.1) is 12.8 Å². The van der Waals surface area contributed by atoms with Gasteiger partial charge in [-0.25, -0.2) is 0 Å². The van der Waals surface area contributed by atoms with Gasteiger partial charge in [0.1, 0.15) is 0 Å². The van der Waals surface area contributed by atoms with Crippen LogP contribution in [0.25, 0.3) is 0 Å². The Hall–Kier alpha value is -0.100. The summed E-state index contributed by atoms with van der Waals surface area (Å²) in [4.78, 5) is 23.0. The van der Waals surface area contributed by atoms with Crippen molar-refractivity contribution in [2.24, 2.45) is 0 Å². The molecule has 0 bridgehead atoms. The zero-order valence-corrected chi connectivity index (χ0v) is 14.9. The molecule has 0 aliphatic rings. The fourth-order valence-corrected chi connectivity index (χ4v) is 1.96. The van der Waals surface area contributed by atoms with E-state index >= 15 is 0 Å². The number of carbonyl (C=O) groups is 2. The number of nitrogens with zero attached hydrogens (tertiary/aromatic N) is 1. The molecular weight excluding hydrogens is 269 g/mol. The first-order valence-corrected chi connectivity index (χ1v) is 7.22. The monoisotopic (exact) mass is 296 g/mol. The zero-order valence-electron chi connectivity index (χ0n) is 12.9. The third-order valence-corrected chi connectivity index (χ3v) is 3.11. The Bertz CT molecular complexity index is 244. The van der Waals surface area contributed by atoms with Crippen LogP contribution in [-0.4, -0.2) is 76.2 Å². The van der Waals surface area contributed by atoms with Crippen LogP contribution in [0.2, 0.25) is 0 Å². The molecule has 0 heterocycles. The van der Waals surface area contributed by atoms with Crippen molar-refractivity contribution in [3.63, 3.8) is 0 Å². The number of aliphatic carboxylic acids is 2. The summed E-state index contributed by atoms with van der Waals surface area (Å²) in [6.07, 6.45) is 7.26. The van der Waals surface area contributed by atoms with Crippen LogP contribution in [-0.2, 0) is 9.59 Å². The standard InChI is InChI=1S/C14H27NO4.Na/c1-2-3-4-5-6-7-10-15(11-8-13(16)17)12-9-14(18)19;/h2-12H2,1H3,(H,16,17)(H,18,19);. The van der Waals surface area contributed by atoms with Crippen molar-refractivity contribution in [2.75, 3.05) is 19.6 Å². The topological polar surface area (TPSA) is 77.8 Å². The maximum Gasteiger partial charge on any atom is 0.304 e. The summed E-state index contributed by atoms with van der Waals surface area (Å²) < 4.78 is 0. The number of rotatable bonds is 13. The molecule has 0 aliphatic heterocycles. The minimum absolute atomic E-state index is 0. The summed E-state index contributed by atoms with van der Waals surface area (Å²) >= 11 is 0. The molecule has 6 heteroatoms. The smallest absolute Gasteiger partial charge is 0.304 e. The van der Waals surface area contributed by atoms with E-state index in [-0.39, 0.29) is 42.4 Å². The van der Waals surface area contributed by atoms with Crippen LogP contribution < -0.4 is 0 Å². The van der Waals surface area contributed by atoms with Crippen LogP contribution in [0.3, 0.4) is 0 Å². The van der Waals surface area contributed by atoms with Crippen molar-refractivity contribution < 1.29 is 19.8 Å². The van der Waals surface area contributed by atoms with Crippen LogP contribution in [0, 0.1) is 0 Å². The Kier molecular flexibility index (Phi) is 17.0. The van der Waals surface area contributed by atoms with Crippen molar-refractivity contribution >= 4 is 41.5 Å². The van der Waals surface area contributed by atoms with Crippen molar-refractivity contribution in [1.82, 2.24) is 4.90 Å². The van der Waals surface area contributed by atoms with E-state index in [9.17, 15) is 9.59 Å². The molecule has 2 N–H and O–H groups in total. The summed E-state index contributed by atoms with van der Waals surface area (Å²) in [5.74, 6) is -1.66. The second-order valence-electron chi connectivity index (χ2n) is 4.90. The van der Waals surface area contributed by atoms with Crippen LogP contribution in [0.5, 0.6) is 0 Å². The summed E-state index contributed by atoms with van der Waals surface area (Å²) in [7, 11) is 0. The Morgan fingerprint density at radius 3 is 1.70 bits per heavy atom. The van der Waals surface area contributed by atoms with E-state index in [1.165, 1.54) is 25.7 Å². The predicted octanol–water partition coefficient (Wildman–Crippen LogP) is 2.22. The van der Waals surface area contributed by atoms with Crippen molar-refractivity contribution in [3.05, 3.63) is 0 Å². The molecule has 0 fully saturated rings. The van der Waals surface area contributed by atoms with Gasteiger partial charge in [0.2, 0.25) is 0 Å². The molecule has 0 rings (SSSR count). The maximum absolute atomic E-state index is 10.5. The Morgan fingerprint density at radius 2 is 1.25 bits per heavy atom. The van der Waals surface area contributed by atoms with E-state index in [1.807, 2.05) is 4.90 Å². The number of hydrogen-bond acceptors (Lipinski definition) is 3. The normalized spacial score (nSPS) is 10.3. The molecular formula is C14H27NNaO4. The van der Waals surface area contributed by atoms with Gasteiger partial charge in [-0.05, 0) is 13.0 Å². The summed E-state index contributed by atoms with van der Waals surface area (Å²) in [6, 6.07) is 0. The third kappa shape index (κ3) is 16.0. The first kappa shape index (κ1) is 22.2. The summed E-state index contributed by atoms with van der Waals surface area (Å²) in [5, 5.41) is 17.3. The Balaban J connectivity index is 0. The Morgan fingerprint density at radius 1 is 0.800 bits per heavy atom. The van der Waals surface area contributed by atoms with E-state index < -0.39 is 11.9 Å². The quantitative estimate of drug-likeness (QED) is 0.402. The van der Waals surface area contributed by atoms with Gasteiger partial charge in [-0.1, -0.05) is 39.0 Å². The van der Waals surface area contributed by atoms with Crippen LogP contribution in [0.15, 0.2) is 0 Å². The van der Waals surface area contributed by atoms with E-state index in [0.29, 0.717) is 13.1 Å². The van der Waals surface area contributed by atoms with Gasteiger partial charge in [0, 0.05) is 42.6 Å². The molecule has 0 aromatic rings. The molecule has 0 spiro atoms. The molecule has 0 aromatic heterocycles. The number of unbranched alkanes of at least 4 members (excludes halogenated alkanes) is 5. The second kappa shape index (κ2) is 15.3. The third-order valence-electron chi connectivity index (χ3n) is 3.11. The largest absolute Gasteiger partial charge is 0.481 e. The van der Waals surface area contributed by atoms with E-state index in [2.05, 4.69) is 6.92 Å². The minimum atomic E-state index is -0.830. The molecule has 0 aliphatic carbocycles. The fraction of sp³-hybridized carbons (Fsp3) is 0.857.